The van der Waals surface area contributed by atoms with E-state index in [1.807, 2.05) is 43.4 Å². The van der Waals surface area contributed by atoms with Gasteiger partial charge < -0.3 is 16.2 Å². The monoisotopic (exact) mass is 515 g/mol. The average Bonchev–Trinajstić information content (AvgIpc) is 3.59. The third kappa shape index (κ3) is 5.25. The van der Waals surface area contributed by atoms with Crippen LogP contribution in [0.15, 0.2) is 61.1 Å². The van der Waals surface area contributed by atoms with Crippen molar-refractivity contribution in [2.75, 3.05) is 5.32 Å². The van der Waals surface area contributed by atoms with Crippen molar-refractivity contribution in [2.24, 2.45) is 12.8 Å². The molecule has 5 aromatic rings. The number of carbonyl (C=O) groups excluding carboxylic acids is 1. The maximum atomic E-state index is 12.2. The fourth-order valence-corrected chi connectivity index (χ4v) is 4.76. The van der Waals surface area contributed by atoms with Crippen molar-refractivity contribution < 1.29 is 9.90 Å². The summed E-state index contributed by atoms with van der Waals surface area (Å²) in [6.45, 7) is 3.67. The fraction of sp³-hybridized carbons (Fsp3) is 0.200. The van der Waals surface area contributed by atoms with Crippen LogP contribution in [0.3, 0.4) is 0 Å². The second-order valence-electron chi connectivity index (χ2n) is 8.99. The molecular formula is C25H25N9O2S. The summed E-state index contributed by atoms with van der Waals surface area (Å²) < 4.78 is 3.37. The van der Waals surface area contributed by atoms with E-state index in [9.17, 15) is 9.90 Å². The third-order valence-electron chi connectivity index (χ3n) is 5.67. The van der Waals surface area contributed by atoms with Crippen molar-refractivity contribution in [2.45, 2.75) is 26.0 Å². The molecule has 0 aliphatic rings. The van der Waals surface area contributed by atoms with Gasteiger partial charge in [-0.3, -0.25) is 14.5 Å². The first-order valence-corrected chi connectivity index (χ1v) is 12.2. The summed E-state index contributed by atoms with van der Waals surface area (Å²) in [5, 5.41) is 26.2. The number of nitrogens with two attached hydrogens (primary N) is 1. The van der Waals surface area contributed by atoms with Crippen molar-refractivity contribution in [3.8, 4) is 21.8 Å². The van der Waals surface area contributed by atoms with Crippen molar-refractivity contribution in [3.63, 3.8) is 0 Å². The molecule has 37 heavy (non-hydrogen) atoms. The summed E-state index contributed by atoms with van der Waals surface area (Å²) in [6, 6.07) is 13.1. The van der Waals surface area contributed by atoms with E-state index in [0.29, 0.717) is 28.6 Å². The molecular weight excluding hydrogens is 490 g/mol. The van der Waals surface area contributed by atoms with E-state index in [1.54, 1.807) is 47.9 Å². The molecule has 11 nitrogen and oxygen atoms in total. The normalized spacial score (nSPS) is 11.6. The number of aliphatic hydroxyl groups is 1. The van der Waals surface area contributed by atoms with E-state index in [0.717, 1.165) is 27.5 Å². The van der Waals surface area contributed by atoms with E-state index < -0.39 is 11.5 Å². The zero-order chi connectivity index (χ0) is 26.2. The third-order valence-corrected chi connectivity index (χ3v) is 6.77. The van der Waals surface area contributed by atoms with Crippen LogP contribution in [0, 0.1) is 0 Å². The first kappa shape index (κ1) is 24.3. The highest BCUT2D eigenvalue weighted by Gasteiger charge is 2.20. The Morgan fingerprint density at radius 1 is 1.22 bits per heavy atom. The van der Waals surface area contributed by atoms with Crippen molar-refractivity contribution in [1.82, 2.24) is 34.7 Å². The molecule has 0 unspecified atom stereocenters. The van der Waals surface area contributed by atoms with Gasteiger partial charge in [-0.15, -0.1) is 16.4 Å². The van der Waals surface area contributed by atoms with E-state index in [-0.39, 0.29) is 0 Å². The lowest BCUT2D eigenvalue weighted by Crippen LogP contribution is -2.15. The van der Waals surface area contributed by atoms with Gasteiger partial charge in [0.25, 0.3) is 5.91 Å². The Morgan fingerprint density at radius 3 is 2.70 bits per heavy atom. The summed E-state index contributed by atoms with van der Waals surface area (Å²) in [6.07, 6.45) is 5.18. The molecule has 188 valence electrons. The first-order valence-electron chi connectivity index (χ1n) is 11.4. The zero-order valence-corrected chi connectivity index (χ0v) is 21.3. The smallest absolute Gasteiger partial charge is 0.251 e. The molecule has 5 heterocycles. The number of thiophene rings is 1. The van der Waals surface area contributed by atoms with E-state index in [4.69, 9.17) is 5.73 Å². The number of aryl methyl sites for hydroxylation is 1. The minimum Gasteiger partial charge on any atom is -0.384 e. The first-order chi connectivity index (χ1) is 17.7. The number of nitrogens with zero attached hydrogens (tertiary/aromatic N) is 7. The number of nitrogens with one attached hydrogen (secondary N) is 1. The predicted octanol–water partition coefficient (Wildman–Crippen LogP) is 3.32. The topological polar surface area (TPSA) is 150 Å². The van der Waals surface area contributed by atoms with Crippen LogP contribution < -0.4 is 11.1 Å². The number of hydrogen-bond donors (Lipinski definition) is 3. The summed E-state index contributed by atoms with van der Waals surface area (Å²) in [5.41, 5.74) is 8.74. The minimum absolute atomic E-state index is 0.367. The molecule has 0 saturated heterocycles. The van der Waals surface area contributed by atoms with Gasteiger partial charge in [-0.1, -0.05) is 11.3 Å². The number of rotatable bonds is 8. The SMILES string of the molecule is Cn1nccc1-c1ccc(-c2cc(C(N)=O)c(Nc3cccc(Cn4cc(C(C)(C)O)nn4)n3)s2)cn1. The quantitative estimate of drug-likeness (QED) is 0.285. The molecule has 0 bridgehead atoms. The molecule has 0 atom stereocenters. The molecule has 0 aliphatic carbocycles. The highest BCUT2D eigenvalue weighted by atomic mass is 32.1. The average molecular weight is 516 g/mol. The summed E-state index contributed by atoms with van der Waals surface area (Å²) in [4.78, 5) is 22.2. The molecule has 0 aromatic carbocycles. The summed E-state index contributed by atoms with van der Waals surface area (Å²) in [7, 11) is 1.86. The molecule has 5 rings (SSSR count). The van der Waals surface area contributed by atoms with E-state index in [1.165, 1.54) is 11.3 Å². The highest BCUT2D eigenvalue weighted by Crippen LogP contribution is 2.37. The number of primary amides is 1. The second-order valence-corrected chi connectivity index (χ2v) is 10.0. The van der Waals surface area contributed by atoms with Crippen molar-refractivity contribution in [3.05, 3.63) is 78.0 Å². The maximum absolute atomic E-state index is 12.2. The number of aromatic nitrogens is 7. The molecule has 1 amide bonds. The lowest BCUT2D eigenvalue weighted by molar-refractivity contribution is 0.0737. The zero-order valence-electron chi connectivity index (χ0n) is 20.5. The molecule has 0 spiro atoms. The van der Waals surface area contributed by atoms with Gasteiger partial charge in [0.05, 0.1) is 35.4 Å². The molecule has 0 fully saturated rings. The number of anilines is 2. The Balaban J connectivity index is 1.37. The van der Waals surface area contributed by atoms with Crippen molar-refractivity contribution >= 4 is 28.1 Å². The lowest BCUT2D eigenvalue weighted by atomic mass is 10.1. The minimum atomic E-state index is -1.08. The van der Waals surface area contributed by atoms with Gasteiger partial charge in [-0.05, 0) is 50.2 Å². The van der Waals surface area contributed by atoms with E-state index >= 15 is 0 Å². The lowest BCUT2D eigenvalue weighted by Gasteiger charge is -2.11. The number of hydrogen-bond acceptors (Lipinski definition) is 9. The van der Waals surface area contributed by atoms with Gasteiger partial charge in [0.1, 0.15) is 22.1 Å². The van der Waals surface area contributed by atoms with Crippen LogP contribution in [-0.2, 0) is 19.2 Å². The summed E-state index contributed by atoms with van der Waals surface area (Å²) in [5.74, 6) is 0.0169. The number of carbonyl (C=O) groups is 1. The molecule has 12 heteroatoms. The Kier molecular flexibility index (Phi) is 6.27. The molecule has 4 N–H and O–H groups in total. The Hall–Kier alpha value is -4.42. The number of amides is 1. The maximum Gasteiger partial charge on any atom is 0.251 e. The van der Waals surface area contributed by atoms with Crippen LogP contribution in [0.1, 0.15) is 35.6 Å². The standard InChI is InChI=1S/C25H25N9O2S/c1-25(2,36)21-14-34(32-31-21)13-16-5-4-6-22(29-16)30-24-17(23(26)35)11-20(37-24)15-7-8-18(27-12-15)19-9-10-28-33(19)3/h4-12,14,36H,13H2,1-3H3,(H2,26,35)(H,29,30). The molecule has 0 radical (unpaired) electrons. The summed E-state index contributed by atoms with van der Waals surface area (Å²) >= 11 is 1.39. The second kappa shape index (κ2) is 9.56. The fourth-order valence-electron chi connectivity index (χ4n) is 3.70. The Bertz CT molecular complexity index is 1560. The van der Waals surface area contributed by atoms with Gasteiger partial charge in [-0.25, -0.2) is 9.67 Å². The van der Waals surface area contributed by atoms with E-state index in [2.05, 4.69) is 30.7 Å². The van der Waals surface area contributed by atoms with Crippen LogP contribution in [0.4, 0.5) is 10.8 Å². The molecule has 0 aliphatic heterocycles. The molecule has 0 saturated carbocycles. The Morgan fingerprint density at radius 2 is 2.05 bits per heavy atom. The molecule has 5 aromatic heterocycles. The Labute approximate surface area is 216 Å². The van der Waals surface area contributed by atoms with Crippen LogP contribution in [0.25, 0.3) is 21.8 Å². The largest absolute Gasteiger partial charge is 0.384 e. The van der Waals surface area contributed by atoms with Crippen LogP contribution in [0.5, 0.6) is 0 Å². The van der Waals surface area contributed by atoms with Crippen molar-refractivity contribution in [1.29, 1.82) is 0 Å². The van der Waals surface area contributed by atoms with Gasteiger partial charge in [-0.2, -0.15) is 5.10 Å². The van der Waals surface area contributed by atoms with Gasteiger partial charge in [0, 0.05) is 29.9 Å². The number of pyridine rings is 2. The van der Waals surface area contributed by atoms with Crippen LogP contribution in [-0.4, -0.2) is 45.8 Å². The predicted molar refractivity (Wildman–Crippen MR) is 140 cm³/mol. The van der Waals surface area contributed by atoms with Crippen LogP contribution >= 0.6 is 11.3 Å². The van der Waals surface area contributed by atoms with Crippen LogP contribution in [0.2, 0.25) is 0 Å². The van der Waals surface area contributed by atoms with Gasteiger partial charge in [0.2, 0.25) is 0 Å². The van der Waals surface area contributed by atoms with Gasteiger partial charge >= 0.3 is 0 Å². The highest BCUT2D eigenvalue weighted by molar-refractivity contribution is 7.19. The van der Waals surface area contributed by atoms with Gasteiger partial charge in [0.15, 0.2) is 0 Å².